The standard InChI is InChI=1S/C13H18BrN3O2S2/c1-3-11(9-15)16-4-6-17(7-5-16)21(18,19)12-8-13(14)20-10(12)2/h8,11H,3-7H2,1-2H3. The zero-order valence-electron chi connectivity index (χ0n) is 12.0. The molecule has 0 aliphatic carbocycles. The molecule has 5 nitrogen and oxygen atoms in total. The zero-order chi connectivity index (χ0) is 15.6. The summed E-state index contributed by atoms with van der Waals surface area (Å²) in [5.41, 5.74) is 0. The summed E-state index contributed by atoms with van der Waals surface area (Å²) in [5, 5.41) is 9.09. The van der Waals surface area contributed by atoms with E-state index in [1.165, 1.54) is 15.6 Å². The van der Waals surface area contributed by atoms with E-state index in [0.717, 1.165) is 15.1 Å². The SMILES string of the molecule is CCC(C#N)N1CCN(S(=O)(=O)c2cc(Br)sc2C)CC1. The Morgan fingerprint density at radius 1 is 1.43 bits per heavy atom. The molecule has 0 aromatic carbocycles. The van der Waals surface area contributed by atoms with E-state index in [-0.39, 0.29) is 6.04 Å². The number of rotatable bonds is 4. The minimum atomic E-state index is -3.43. The number of nitrogens with zero attached hydrogens (tertiary/aromatic N) is 3. The van der Waals surface area contributed by atoms with Crippen LogP contribution in [0.3, 0.4) is 0 Å². The van der Waals surface area contributed by atoms with Gasteiger partial charge in [0.15, 0.2) is 0 Å². The molecule has 0 spiro atoms. The van der Waals surface area contributed by atoms with Crippen molar-refractivity contribution in [2.45, 2.75) is 31.2 Å². The Bertz CT molecular complexity index is 643. The Kier molecular flexibility index (Phi) is 5.43. The highest BCUT2D eigenvalue weighted by atomic mass is 79.9. The van der Waals surface area contributed by atoms with Gasteiger partial charge >= 0.3 is 0 Å². The zero-order valence-corrected chi connectivity index (χ0v) is 15.3. The highest BCUT2D eigenvalue weighted by Gasteiger charge is 2.32. The highest BCUT2D eigenvalue weighted by molar-refractivity contribution is 9.11. The molecule has 116 valence electrons. The lowest BCUT2D eigenvalue weighted by Crippen LogP contribution is -2.51. The highest BCUT2D eigenvalue weighted by Crippen LogP contribution is 2.31. The normalized spacial score (nSPS) is 19.3. The first kappa shape index (κ1) is 16.9. The quantitative estimate of drug-likeness (QED) is 0.790. The van der Waals surface area contributed by atoms with E-state index in [4.69, 9.17) is 5.26 Å². The van der Waals surface area contributed by atoms with E-state index >= 15 is 0 Å². The molecule has 2 heterocycles. The second-order valence-electron chi connectivity index (χ2n) is 4.96. The minimum absolute atomic E-state index is 0.119. The van der Waals surface area contributed by atoms with Crippen LogP contribution < -0.4 is 0 Å². The predicted molar refractivity (Wildman–Crippen MR) is 86.8 cm³/mol. The van der Waals surface area contributed by atoms with Gasteiger partial charge in [-0.15, -0.1) is 11.3 Å². The molecule has 8 heteroatoms. The average Bonchev–Trinajstić information content (AvgIpc) is 2.80. The maximum absolute atomic E-state index is 12.7. The summed E-state index contributed by atoms with van der Waals surface area (Å²) in [5.74, 6) is 0. The van der Waals surface area contributed by atoms with Crippen LogP contribution in [0.1, 0.15) is 18.2 Å². The van der Waals surface area contributed by atoms with E-state index in [2.05, 4.69) is 26.9 Å². The van der Waals surface area contributed by atoms with Crippen LogP contribution in [-0.2, 0) is 10.0 Å². The molecule has 0 radical (unpaired) electrons. The lowest BCUT2D eigenvalue weighted by atomic mass is 10.2. The third-order valence-corrected chi connectivity index (χ3v) is 7.42. The molecule has 1 unspecified atom stereocenters. The minimum Gasteiger partial charge on any atom is -0.285 e. The van der Waals surface area contributed by atoms with Crippen LogP contribution in [-0.4, -0.2) is 49.8 Å². The maximum atomic E-state index is 12.7. The number of piperazine rings is 1. The van der Waals surface area contributed by atoms with E-state index in [1.807, 2.05) is 13.8 Å². The molecule has 0 bridgehead atoms. The number of thiophene rings is 1. The summed E-state index contributed by atoms with van der Waals surface area (Å²) in [6.07, 6.45) is 0.764. The molecular formula is C13H18BrN3O2S2. The molecule has 1 fully saturated rings. The van der Waals surface area contributed by atoms with Crippen molar-refractivity contribution in [2.24, 2.45) is 0 Å². The summed E-state index contributed by atoms with van der Waals surface area (Å²) < 4.78 is 27.7. The van der Waals surface area contributed by atoms with Crippen LogP contribution in [0, 0.1) is 18.3 Å². The van der Waals surface area contributed by atoms with Crippen LogP contribution in [0.25, 0.3) is 0 Å². The molecule has 0 N–H and O–H groups in total. The van der Waals surface area contributed by atoms with Crippen molar-refractivity contribution in [2.75, 3.05) is 26.2 Å². The van der Waals surface area contributed by atoms with E-state index in [0.29, 0.717) is 31.1 Å². The second-order valence-corrected chi connectivity index (χ2v) is 9.51. The molecule has 2 rings (SSSR count). The van der Waals surface area contributed by atoms with Gasteiger partial charge in [0.05, 0.1) is 20.8 Å². The largest absolute Gasteiger partial charge is 0.285 e. The number of halogens is 1. The number of nitriles is 1. The van der Waals surface area contributed by atoms with E-state index < -0.39 is 10.0 Å². The first-order valence-corrected chi connectivity index (χ1v) is 9.84. The molecule has 1 aliphatic rings. The Labute approximate surface area is 138 Å². The van der Waals surface area contributed by atoms with Gasteiger partial charge in [0, 0.05) is 31.1 Å². The van der Waals surface area contributed by atoms with Crippen LogP contribution >= 0.6 is 27.3 Å². The number of aryl methyl sites for hydroxylation is 1. The van der Waals surface area contributed by atoms with Gasteiger partial charge in [-0.3, -0.25) is 4.90 Å². The fourth-order valence-electron chi connectivity index (χ4n) is 2.51. The number of sulfonamides is 1. The van der Waals surface area contributed by atoms with Gasteiger partial charge in [0.2, 0.25) is 10.0 Å². The first-order chi connectivity index (χ1) is 9.90. The molecule has 0 saturated carbocycles. The fraction of sp³-hybridized carbons (Fsp3) is 0.615. The van der Waals surface area contributed by atoms with Crippen molar-refractivity contribution in [1.29, 1.82) is 5.26 Å². The molecule has 1 aromatic heterocycles. The summed E-state index contributed by atoms with van der Waals surface area (Å²) in [7, 11) is -3.43. The molecule has 1 atom stereocenters. The lowest BCUT2D eigenvalue weighted by Gasteiger charge is -2.35. The predicted octanol–water partition coefficient (Wildman–Crippen LogP) is 2.43. The Hall–Kier alpha value is -0.460. The molecular weight excluding hydrogens is 374 g/mol. The lowest BCUT2D eigenvalue weighted by molar-refractivity contribution is 0.159. The van der Waals surface area contributed by atoms with E-state index in [1.54, 1.807) is 6.07 Å². The van der Waals surface area contributed by atoms with E-state index in [9.17, 15) is 8.42 Å². The van der Waals surface area contributed by atoms with Gasteiger partial charge in [-0.1, -0.05) is 6.92 Å². The van der Waals surface area contributed by atoms with Crippen molar-refractivity contribution in [3.05, 3.63) is 14.7 Å². The van der Waals surface area contributed by atoms with Crippen molar-refractivity contribution >= 4 is 37.3 Å². The van der Waals surface area contributed by atoms with Gasteiger partial charge in [-0.25, -0.2) is 8.42 Å². The molecule has 1 saturated heterocycles. The topological polar surface area (TPSA) is 64.4 Å². The molecule has 1 aliphatic heterocycles. The van der Waals surface area contributed by atoms with Crippen molar-refractivity contribution < 1.29 is 8.42 Å². The molecule has 1 aromatic rings. The third-order valence-electron chi connectivity index (χ3n) is 3.71. The van der Waals surface area contributed by atoms with Crippen LogP contribution in [0.5, 0.6) is 0 Å². The number of hydrogen-bond donors (Lipinski definition) is 0. The maximum Gasteiger partial charge on any atom is 0.244 e. The smallest absolute Gasteiger partial charge is 0.244 e. The second kappa shape index (κ2) is 6.75. The van der Waals surface area contributed by atoms with Gasteiger partial charge in [-0.2, -0.15) is 9.57 Å². The Morgan fingerprint density at radius 3 is 2.48 bits per heavy atom. The average molecular weight is 392 g/mol. The summed E-state index contributed by atoms with van der Waals surface area (Å²) >= 11 is 4.77. The Morgan fingerprint density at radius 2 is 2.05 bits per heavy atom. The van der Waals surface area contributed by atoms with Crippen molar-refractivity contribution in [3.8, 4) is 6.07 Å². The van der Waals surface area contributed by atoms with Gasteiger partial charge < -0.3 is 0 Å². The molecule has 21 heavy (non-hydrogen) atoms. The Balaban J connectivity index is 2.12. The van der Waals surface area contributed by atoms with Gasteiger partial charge in [0.25, 0.3) is 0 Å². The fourth-order valence-corrected chi connectivity index (χ4v) is 6.32. The van der Waals surface area contributed by atoms with Crippen LogP contribution in [0.4, 0.5) is 0 Å². The third kappa shape index (κ3) is 3.48. The molecule has 0 amide bonds. The summed E-state index contributed by atoms with van der Waals surface area (Å²) in [4.78, 5) is 3.25. The van der Waals surface area contributed by atoms with Crippen molar-refractivity contribution in [3.63, 3.8) is 0 Å². The van der Waals surface area contributed by atoms with Crippen LogP contribution in [0.2, 0.25) is 0 Å². The monoisotopic (exact) mass is 391 g/mol. The van der Waals surface area contributed by atoms with Crippen molar-refractivity contribution in [1.82, 2.24) is 9.21 Å². The summed E-state index contributed by atoms with van der Waals surface area (Å²) in [6.45, 7) is 5.89. The first-order valence-electron chi connectivity index (χ1n) is 6.80. The van der Waals surface area contributed by atoms with Gasteiger partial charge in [0.1, 0.15) is 0 Å². The van der Waals surface area contributed by atoms with Crippen LogP contribution in [0.15, 0.2) is 14.7 Å². The summed E-state index contributed by atoms with van der Waals surface area (Å²) in [6, 6.07) is 3.83. The number of hydrogen-bond acceptors (Lipinski definition) is 5. The van der Waals surface area contributed by atoms with Gasteiger partial charge in [-0.05, 0) is 35.3 Å².